The summed E-state index contributed by atoms with van der Waals surface area (Å²) in [6, 6.07) is 0. The van der Waals surface area contributed by atoms with Gasteiger partial charge in [-0.3, -0.25) is 9.52 Å². The Labute approximate surface area is 96.5 Å². The third-order valence-corrected chi connectivity index (χ3v) is 3.58. The molecule has 0 bridgehead atoms. The molecule has 5 nitrogen and oxygen atoms in total. The number of hydrogen-bond donors (Lipinski definition) is 2. The maximum Gasteiger partial charge on any atom is 0.237 e. The number of sulfonamides is 1. The Kier molecular flexibility index (Phi) is 6.16. The zero-order valence-corrected chi connectivity index (χ0v) is 10.3. The van der Waals surface area contributed by atoms with Crippen LogP contribution < -0.4 is 10.0 Å². The predicted octanol–water partition coefficient (Wildman–Crippen LogP) is -0.126. The van der Waals surface area contributed by atoms with Gasteiger partial charge in [-0.1, -0.05) is 0 Å². The number of rotatable bonds is 3. The molecule has 0 saturated carbocycles. The normalized spacial score (nSPS) is 21.5. The molecule has 1 aliphatic rings. The molecule has 1 fully saturated rings. The molecule has 1 aliphatic heterocycles. The second kappa shape index (κ2) is 6.30. The van der Waals surface area contributed by atoms with Crippen molar-refractivity contribution < 1.29 is 13.2 Å². The van der Waals surface area contributed by atoms with E-state index in [1.54, 1.807) is 0 Å². The molecule has 1 atom stereocenters. The summed E-state index contributed by atoms with van der Waals surface area (Å²) in [5, 5.41) is 3.06. The van der Waals surface area contributed by atoms with Crippen LogP contribution in [0.25, 0.3) is 0 Å². The summed E-state index contributed by atoms with van der Waals surface area (Å²) >= 11 is 0. The Morgan fingerprint density at radius 2 is 2.20 bits per heavy atom. The van der Waals surface area contributed by atoms with Crippen LogP contribution in [-0.2, 0) is 14.8 Å². The largest absolute Gasteiger partial charge is 0.316 e. The lowest BCUT2D eigenvalue weighted by molar-refractivity contribution is -0.123. The number of carbonyl (C=O) groups excluding carboxylic acids is 1. The monoisotopic (exact) mass is 256 g/mol. The molecule has 7 heteroatoms. The van der Waals surface area contributed by atoms with Crippen LogP contribution in [0.5, 0.6) is 0 Å². The van der Waals surface area contributed by atoms with Crippen LogP contribution in [0.1, 0.15) is 19.8 Å². The zero-order chi connectivity index (χ0) is 10.6. The van der Waals surface area contributed by atoms with Gasteiger partial charge in [0.2, 0.25) is 15.9 Å². The standard InChI is InChI=1S/C8H16N2O3S.ClH/c1-2-14(12,13)10-8(11)7-4-3-5-9-6-7;/h7,9H,2-6H2,1H3,(H,10,11);1H/t7-;/m0./s1. The predicted molar refractivity (Wildman–Crippen MR) is 60.4 cm³/mol. The molecule has 0 aromatic carbocycles. The van der Waals surface area contributed by atoms with E-state index in [-0.39, 0.29) is 30.0 Å². The molecule has 0 aromatic rings. The van der Waals surface area contributed by atoms with E-state index in [1.807, 2.05) is 0 Å². The van der Waals surface area contributed by atoms with Crippen molar-refractivity contribution in [3.63, 3.8) is 0 Å². The van der Waals surface area contributed by atoms with Gasteiger partial charge in [0.1, 0.15) is 0 Å². The fourth-order valence-corrected chi connectivity index (χ4v) is 2.00. The van der Waals surface area contributed by atoms with Crippen LogP contribution >= 0.6 is 12.4 Å². The smallest absolute Gasteiger partial charge is 0.237 e. The Bertz CT molecular complexity index is 299. The molecule has 0 spiro atoms. The molecule has 1 amide bonds. The van der Waals surface area contributed by atoms with Crippen LogP contribution in [0.2, 0.25) is 0 Å². The number of halogens is 1. The van der Waals surface area contributed by atoms with Crippen molar-refractivity contribution in [2.45, 2.75) is 19.8 Å². The van der Waals surface area contributed by atoms with E-state index in [1.165, 1.54) is 6.92 Å². The van der Waals surface area contributed by atoms with Gasteiger partial charge >= 0.3 is 0 Å². The molecule has 1 heterocycles. The van der Waals surface area contributed by atoms with Gasteiger partial charge in [-0.05, 0) is 26.3 Å². The first kappa shape index (κ1) is 14.7. The van der Waals surface area contributed by atoms with Crippen molar-refractivity contribution in [1.29, 1.82) is 0 Å². The molecule has 90 valence electrons. The summed E-state index contributed by atoms with van der Waals surface area (Å²) in [6.07, 6.45) is 1.68. The van der Waals surface area contributed by atoms with E-state index in [4.69, 9.17) is 0 Å². The first-order chi connectivity index (χ1) is 6.55. The Balaban J connectivity index is 0.00000196. The Morgan fingerprint density at radius 3 is 2.67 bits per heavy atom. The van der Waals surface area contributed by atoms with Gasteiger partial charge in [0, 0.05) is 6.54 Å². The first-order valence-electron chi connectivity index (χ1n) is 4.80. The maximum absolute atomic E-state index is 11.4. The van der Waals surface area contributed by atoms with E-state index in [9.17, 15) is 13.2 Å². The highest BCUT2D eigenvalue weighted by Gasteiger charge is 2.23. The minimum atomic E-state index is -3.40. The summed E-state index contributed by atoms with van der Waals surface area (Å²) in [7, 11) is -3.40. The topological polar surface area (TPSA) is 75.3 Å². The van der Waals surface area contributed by atoms with Gasteiger partial charge in [0.15, 0.2) is 0 Å². The van der Waals surface area contributed by atoms with Crippen molar-refractivity contribution in [2.24, 2.45) is 5.92 Å². The lowest BCUT2D eigenvalue weighted by atomic mass is 9.99. The molecule has 0 aliphatic carbocycles. The van der Waals surface area contributed by atoms with Crippen molar-refractivity contribution in [3.8, 4) is 0 Å². The molecular formula is C8H17ClN2O3S. The van der Waals surface area contributed by atoms with E-state index in [0.717, 1.165) is 19.4 Å². The Hall–Kier alpha value is -0.330. The average molecular weight is 257 g/mol. The van der Waals surface area contributed by atoms with Gasteiger partial charge in [-0.25, -0.2) is 8.42 Å². The zero-order valence-electron chi connectivity index (χ0n) is 8.65. The number of hydrogen-bond acceptors (Lipinski definition) is 4. The van der Waals surface area contributed by atoms with Crippen molar-refractivity contribution in [3.05, 3.63) is 0 Å². The van der Waals surface area contributed by atoms with E-state index < -0.39 is 10.0 Å². The number of carbonyl (C=O) groups is 1. The molecule has 2 N–H and O–H groups in total. The maximum atomic E-state index is 11.4. The van der Waals surface area contributed by atoms with Crippen molar-refractivity contribution >= 4 is 28.3 Å². The quantitative estimate of drug-likeness (QED) is 0.738. The van der Waals surface area contributed by atoms with Gasteiger partial charge in [0.05, 0.1) is 11.7 Å². The van der Waals surface area contributed by atoms with Crippen LogP contribution in [0.4, 0.5) is 0 Å². The van der Waals surface area contributed by atoms with Crippen LogP contribution in [-0.4, -0.2) is 33.2 Å². The second-order valence-corrected chi connectivity index (χ2v) is 5.42. The Morgan fingerprint density at radius 1 is 1.53 bits per heavy atom. The molecule has 0 aromatic heterocycles. The third-order valence-electron chi connectivity index (χ3n) is 2.30. The fraction of sp³-hybridized carbons (Fsp3) is 0.875. The summed E-state index contributed by atoms with van der Waals surface area (Å²) in [6.45, 7) is 2.99. The highest BCUT2D eigenvalue weighted by Crippen LogP contribution is 2.09. The summed E-state index contributed by atoms with van der Waals surface area (Å²) in [4.78, 5) is 11.4. The van der Waals surface area contributed by atoms with Crippen LogP contribution in [0, 0.1) is 5.92 Å². The van der Waals surface area contributed by atoms with Gasteiger partial charge in [-0.15, -0.1) is 12.4 Å². The number of piperidine rings is 1. The highest BCUT2D eigenvalue weighted by molar-refractivity contribution is 7.90. The summed E-state index contributed by atoms with van der Waals surface area (Å²) in [5.41, 5.74) is 0. The molecular weight excluding hydrogens is 240 g/mol. The lowest BCUT2D eigenvalue weighted by Gasteiger charge is -2.21. The van der Waals surface area contributed by atoms with Gasteiger partial charge < -0.3 is 5.32 Å². The van der Waals surface area contributed by atoms with Crippen LogP contribution in [0.3, 0.4) is 0 Å². The van der Waals surface area contributed by atoms with Crippen molar-refractivity contribution in [2.75, 3.05) is 18.8 Å². The van der Waals surface area contributed by atoms with E-state index in [2.05, 4.69) is 10.0 Å². The molecule has 0 unspecified atom stereocenters. The third kappa shape index (κ3) is 4.81. The lowest BCUT2D eigenvalue weighted by Crippen LogP contribution is -2.43. The van der Waals surface area contributed by atoms with Crippen molar-refractivity contribution in [1.82, 2.24) is 10.0 Å². The second-order valence-electron chi connectivity index (χ2n) is 3.41. The fourth-order valence-electron chi connectivity index (χ4n) is 1.38. The van der Waals surface area contributed by atoms with E-state index >= 15 is 0 Å². The molecule has 1 saturated heterocycles. The van der Waals surface area contributed by atoms with Crippen LogP contribution in [0.15, 0.2) is 0 Å². The molecule has 15 heavy (non-hydrogen) atoms. The highest BCUT2D eigenvalue weighted by atomic mass is 35.5. The summed E-state index contributed by atoms with van der Waals surface area (Å²) in [5.74, 6) is -0.636. The van der Waals surface area contributed by atoms with E-state index in [0.29, 0.717) is 6.54 Å². The average Bonchev–Trinajstić information content (AvgIpc) is 2.19. The molecule has 1 rings (SSSR count). The number of amides is 1. The van der Waals surface area contributed by atoms with Gasteiger partial charge in [0.25, 0.3) is 0 Å². The SMILES string of the molecule is CCS(=O)(=O)NC(=O)[C@H]1CCCNC1.Cl. The molecule has 0 radical (unpaired) electrons. The number of nitrogens with one attached hydrogen (secondary N) is 2. The minimum absolute atomic E-state index is 0. The summed E-state index contributed by atoms with van der Waals surface area (Å²) < 4.78 is 24.3. The van der Waals surface area contributed by atoms with Gasteiger partial charge in [-0.2, -0.15) is 0 Å². The first-order valence-corrected chi connectivity index (χ1v) is 6.45. The minimum Gasteiger partial charge on any atom is -0.316 e.